The lowest BCUT2D eigenvalue weighted by atomic mass is 10.1. The van der Waals surface area contributed by atoms with Gasteiger partial charge in [0.25, 0.3) is 5.56 Å². The molecule has 1 amide bonds. The lowest BCUT2D eigenvalue weighted by molar-refractivity contribution is -0.116. The number of amides is 1. The van der Waals surface area contributed by atoms with Crippen LogP contribution in [0.25, 0.3) is 16.9 Å². The highest BCUT2D eigenvalue weighted by Gasteiger charge is 2.14. The number of hydrogen-bond donors (Lipinski definition) is 1. The SMILES string of the molecule is CCc1ccc(NC(=O)Cn2cnc3c(nnn3-c3ccccc3)c2=O)cc1. The fraction of sp³-hybridized carbons (Fsp3) is 0.150. The molecule has 0 saturated heterocycles. The number of rotatable bonds is 5. The standard InChI is InChI=1S/C20H18N6O2/c1-2-14-8-10-15(11-9-14)22-17(27)12-25-13-21-19-18(20(25)28)23-24-26(19)16-6-4-3-5-7-16/h3-11,13H,2,12H2,1H3,(H,22,27). The second kappa shape index (κ2) is 7.43. The van der Waals surface area contributed by atoms with Crippen LogP contribution >= 0.6 is 0 Å². The van der Waals surface area contributed by atoms with Crippen molar-refractivity contribution in [1.29, 1.82) is 0 Å². The highest BCUT2D eigenvalue weighted by molar-refractivity contribution is 5.90. The van der Waals surface area contributed by atoms with E-state index in [1.54, 1.807) is 0 Å². The van der Waals surface area contributed by atoms with E-state index in [4.69, 9.17) is 0 Å². The van der Waals surface area contributed by atoms with E-state index < -0.39 is 5.56 Å². The van der Waals surface area contributed by atoms with Crippen LogP contribution in [0.5, 0.6) is 0 Å². The summed E-state index contributed by atoms with van der Waals surface area (Å²) in [4.78, 5) is 29.3. The molecule has 0 aliphatic carbocycles. The van der Waals surface area contributed by atoms with Gasteiger partial charge >= 0.3 is 0 Å². The maximum Gasteiger partial charge on any atom is 0.284 e. The number of carbonyl (C=O) groups is 1. The minimum Gasteiger partial charge on any atom is -0.325 e. The molecule has 0 unspecified atom stereocenters. The first-order chi connectivity index (χ1) is 13.7. The number of para-hydroxylation sites is 1. The third-order valence-electron chi connectivity index (χ3n) is 4.39. The summed E-state index contributed by atoms with van der Waals surface area (Å²) in [5.41, 5.74) is 2.67. The number of aromatic nitrogens is 5. The number of nitrogens with one attached hydrogen (secondary N) is 1. The maximum atomic E-state index is 12.7. The van der Waals surface area contributed by atoms with Crippen molar-refractivity contribution in [2.75, 3.05) is 5.32 Å². The molecule has 4 aromatic rings. The lowest BCUT2D eigenvalue weighted by Crippen LogP contribution is -2.28. The Kier molecular flexibility index (Phi) is 4.67. The van der Waals surface area contributed by atoms with Gasteiger partial charge in [0.2, 0.25) is 5.91 Å². The Balaban J connectivity index is 1.56. The molecule has 8 heteroatoms. The molecule has 0 spiro atoms. The van der Waals surface area contributed by atoms with Crippen LogP contribution in [-0.4, -0.2) is 30.5 Å². The van der Waals surface area contributed by atoms with Gasteiger partial charge in [0.1, 0.15) is 12.9 Å². The molecule has 0 fully saturated rings. The van der Waals surface area contributed by atoms with E-state index >= 15 is 0 Å². The van der Waals surface area contributed by atoms with Crippen molar-refractivity contribution in [3.8, 4) is 5.69 Å². The van der Waals surface area contributed by atoms with Crippen LogP contribution in [0, 0.1) is 0 Å². The van der Waals surface area contributed by atoms with E-state index in [1.165, 1.54) is 21.1 Å². The minimum atomic E-state index is -0.413. The van der Waals surface area contributed by atoms with Gasteiger partial charge in [-0.2, -0.15) is 4.68 Å². The first-order valence-electron chi connectivity index (χ1n) is 8.91. The molecule has 4 rings (SSSR count). The van der Waals surface area contributed by atoms with Gasteiger partial charge < -0.3 is 5.32 Å². The number of aryl methyl sites for hydroxylation is 1. The zero-order chi connectivity index (χ0) is 19.5. The number of anilines is 1. The normalized spacial score (nSPS) is 10.9. The van der Waals surface area contributed by atoms with Gasteiger partial charge in [-0.3, -0.25) is 14.2 Å². The van der Waals surface area contributed by atoms with E-state index in [1.807, 2.05) is 54.6 Å². The molecule has 0 radical (unpaired) electrons. The number of nitrogens with zero attached hydrogens (tertiary/aromatic N) is 5. The van der Waals surface area contributed by atoms with Crippen molar-refractivity contribution < 1.29 is 4.79 Å². The van der Waals surface area contributed by atoms with E-state index in [9.17, 15) is 9.59 Å². The van der Waals surface area contributed by atoms with Crippen molar-refractivity contribution in [3.63, 3.8) is 0 Å². The van der Waals surface area contributed by atoms with Crippen LogP contribution in [0.1, 0.15) is 12.5 Å². The number of benzene rings is 2. The summed E-state index contributed by atoms with van der Waals surface area (Å²) in [6.45, 7) is 1.91. The fourth-order valence-electron chi connectivity index (χ4n) is 2.88. The molecule has 0 saturated carbocycles. The third kappa shape index (κ3) is 3.39. The molecule has 0 bridgehead atoms. The van der Waals surface area contributed by atoms with Crippen molar-refractivity contribution in [1.82, 2.24) is 24.5 Å². The number of hydrogen-bond acceptors (Lipinski definition) is 5. The van der Waals surface area contributed by atoms with Crippen LogP contribution in [0.15, 0.2) is 65.7 Å². The lowest BCUT2D eigenvalue weighted by Gasteiger charge is -2.08. The number of fused-ring (bicyclic) bond motifs is 1. The summed E-state index contributed by atoms with van der Waals surface area (Å²) < 4.78 is 2.72. The van der Waals surface area contributed by atoms with Crippen LogP contribution < -0.4 is 10.9 Å². The summed E-state index contributed by atoms with van der Waals surface area (Å²) in [6, 6.07) is 16.9. The van der Waals surface area contributed by atoms with Crippen LogP contribution in [0.2, 0.25) is 0 Å². The molecule has 140 valence electrons. The topological polar surface area (TPSA) is 94.7 Å². The second-order valence-electron chi connectivity index (χ2n) is 6.29. The number of carbonyl (C=O) groups excluding carboxylic acids is 1. The van der Waals surface area contributed by atoms with Crippen LogP contribution in [0.4, 0.5) is 5.69 Å². The molecular formula is C20H18N6O2. The molecule has 28 heavy (non-hydrogen) atoms. The highest BCUT2D eigenvalue weighted by Crippen LogP contribution is 2.12. The van der Waals surface area contributed by atoms with Gasteiger partial charge in [-0.1, -0.05) is 42.5 Å². The van der Waals surface area contributed by atoms with E-state index in [2.05, 4.69) is 27.5 Å². The van der Waals surface area contributed by atoms with E-state index in [0.29, 0.717) is 11.3 Å². The zero-order valence-corrected chi connectivity index (χ0v) is 15.2. The monoisotopic (exact) mass is 374 g/mol. The summed E-state index contributed by atoms with van der Waals surface area (Å²) in [5, 5.41) is 10.8. The predicted octanol–water partition coefficient (Wildman–Crippen LogP) is 2.18. The summed E-state index contributed by atoms with van der Waals surface area (Å²) in [5.74, 6) is -0.317. The summed E-state index contributed by atoms with van der Waals surface area (Å²) >= 11 is 0. The molecular weight excluding hydrogens is 356 g/mol. The molecule has 2 aromatic heterocycles. The molecule has 8 nitrogen and oxygen atoms in total. The Morgan fingerprint density at radius 1 is 1.07 bits per heavy atom. The summed E-state index contributed by atoms with van der Waals surface area (Å²) in [7, 11) is 0. The zero-order valence-electron chi connectivity index (χ0n) is 15.2. The Morgan fingerprint density at radius 3 is 2.54 bits per heavy atom. The molecule has 0 aliphatic rings. The van der Waals surface area contributed by atoms with Crippen molar-refractivity contribution in [2.45, 2.75) is 19.9 Å². The second-order valence-corrected chi connectivity index (χ2v) is 6.29. The Labute approximate surface area is 160 Å². The van der Waals surface area contributed by atoms with Gasteiger partial charge in [-0.05, 0) is 36.2 Å². The average Bonchev–Trinajstić information content (AvgIpc) is 3.16. The molecule has 2 aromatic carbocycles. The van der Waals surface area contributed by atoms with Gasteiger partial charge in [-0.25, -0.2) is 4.98 Å². The summed E-state index contributed by atoms with van der Waals surface area (Å²) in [6.07, 6.45) is 2.27. The van der Waals surface area contributed by atoms with Gasteiger partial charge in [0.15, 0.2) is 11.2 Å². The van der Waals surface area contributed by atoms with Crippen molar-refractivity contribution in [3.05, 3.63) is 76.8 Å². The van der Waals surface area contributed by atoms with E-state index in [0.717, 1.165) is 12.1 Å². The van der Waals surface area contributed by atoms with Crippen LogP contribution in [0.3, 0.4) is 0 Å². The van der Waals surface area contributed by atoms with Gasteiger partial charge in [0.05, 0.1) is 5.69 Å². The quantitative estimate of drug-likeness (QED) is 0.578. The molecule has 0 aliphatic heterocycles. The predicted molar refractivity (Wildman–Crippen MR) is 105 cm³/mol. The Morgan fingerprint density at radius 2 is 1.82 bits per heavy atom. The maximum absolute atomic E-state index is 12.7. The average molecular weight is 374 g/mol. The first kappa shape index (κ1) is 17.6. The van der Waals surface area contributed by atoms with Crippen molar-refractivity contribution >= 4 is 22.8 Å². The fourth-order valence-corrected chi connectivity index (χ4v) is 2.88. The van der Waals surface area contributed by atoms with Gasteiger partial charge in [0, 0.05) is 5.69 Å². The largest absolute Gasteiger partial charge is 0.325 e. The van der Waals surface area contributed by atoms with Gasteiger partial charge in [-0.15, -0.1) is 5.10 Å². The minimum absolute atomic E-state index is 0.117. The van der Waals surface area contributed by atoms with Crippen molar-refractivity contribution in [2.24, 2.45) is 0 Å². The Bertz CT molecular complexity index is 1180. The van der Waals surface area contributed by atoms with Crippen LogP contribution in [-0.2, 0) is 17.8 Å². The molecule has 0 atom stereocenters. The molecule has 2 heterocycles. The first-order valence-corrected chi connectivity index (χ1v) is 8.91. The molecule has 1 N–H and O–H groups in total. The van der Waals surface area contributed by atoms with E-state index in [-0.39, 0.29) is 18.0 Å². The smallest absolute Gasteiger partial charge is 0.284 e. The Hall–Kier alpha value is -3.81. The third-order valence-corrected chi connectivity index (χ3v) is 4.39. The highest BCUT2D eigenvalue weighted by atomic mass is 16.2.